The summed E-state index contributed by atoms with van der Waals surface area (Å²) < 4.78 is 15.6. The predicted octanol–water partition coefficient (Wildman–Crippen LogP) is 2.21. The molecule has 2 N–H and O–H groups in total. The lowest BCUT2D eigenvalue weighted by molar-refractivity contribution is -0.758. The third kappa shape index (κ3) is 9.34. The molecule has 17 heteroatoms. The zero-order valence-corrected chi connectivity index (χ0v) is 24.6. The summed E-state index contributed by atoms with van der Waals surface area (Å²) in [6, 6.07) is 6.82. The summed E-state index contributed by atoms with van der Waals surface area (Å²) in [5.41, 5.74) is 1.04. The maximum Gasteiger partial charge on any atom is 0.332 e. The lowest BCUT2D eigenvalue weighted by Gasteiger charge is -2.25. The number of hydrogen-bond donors (Lipinski definition) is 2. The Kier molecular flexibility index (Phi) is 11.8. The summed E-state index contributed by atoms with van der Waals surface area (Å²) in [6.07, 6.45) is 6.15. The molecular formula is C27H31ClN8O8. The number of carbonyl (C=O) groups excluding carboxylic acids is 2. The van der Waals surface area contributed by atoms with Gasteiger partial charge in [-0.25, -0.2) is 19.7 Å². The molecule has 0 bridgehead atoms. The number of nitrogens with zero attached hydrogens (tertiary/aromatic N) is 6. The first kappa shape index (κ1) is 32.1. The summed E-state index contributed by atoms with van der Waals surface area (Å²) in [5, 5.41) is 15.7. The van der Waals surface area contributed by atoms with E-state index in [0.29, 0.717) is 41.5 Å². The van der Waals surface area contributed by atoms with E-state index in [-0.39, 0.29) is 44.6 Å². The van der Waals surface area contributed by atoms with E-state index in [0.717, 1.165) is 18.4 Å². The largest absolute Gasteiger partial charge is 0.495 e. The molecule has 1 amide bonds. The molecule has 1 saturated heterocycles. The van der Waals surface area contributed by atoms with Crippen LogP contribution in [0.25, 0.3) is 0 Å². The average molecular weight is 631 g/mol. The van der Waals surface area contributed by atoms with Crippen molar-refractivity contribution in [3.05, 3.63) is 74.9 Å². The number of hydrogen-bond acceptors (Lipinski definition) is 14. The number of ether oxygens (including phenoxy) is 3. The van der Waals surface area contributed by atoms with Gasteiger partial charge in [0, 0.05) is 31.7 Å². The quantitative estimate of drug-likeness (QED) is 0.101. The SMILES string of the molecule is COc1ccc(CNc2nc(N3CCC[C@H]3COC(=O)COCCO[N+](=O)[O-])ncc2C(=O)NCc2ncccn2)cc1Cl. The van der Waals surface area contributed by atoms with Crippen LogP contribution in [0, 0.1) is 10.1 Å². The van der Waals surface area contributed by atoms with Crippen LogP contribution >= 0.6 is 11.6 Å². The molecule has 0 saturated carbocycles. The molecule has 1 atom stereocenters. The molecule has 234 valence electrons. The van der Waals surface area contributed by atoms with Gasteiger partial charge in [-0.15, -0.1) is 10.1 Å². The summed E-state index contributed by atoms with van der Waals surface area (Å²) in [6.45, 7) is 0.299. The number of rotatable bonds is 16. The second kappa shape index (κ2) is 16.1. The van der Waals surface area contributed by atoms with Gasteiger partial charge < -0.3 is 34.6 Å². The highest BCUT2D eigenvalue weighted by Gasteiger charge is 2.29. The Morgan fingerprint density at radius 2 is 2.00 bits per heavy atom. The molecule has 0 radical (unpaired) electrons. The third-order valence-electron chi connectivity index (χ3n) is 6.44. The second-order valence-electron chi connectivity index (χ2n) is 9.38. The van der Waals surface area contributed by atoms with E-state index in [1.807, 2.05) is 11.0 Å². The molecule has 44 heavy (non-hydrogen) atoms. The Morgan fingerprint density at radius 1 is 1.18 bits per heavy atom. The smallest absolute Gasteiger partial charge is 0.332 e. The first-order valence-electron chi connectivity index (χ1n) is 13.6. The van der Waals surface area contributed by atoms with Crippen LogP contribution in [0.15, 0.2) is 42.9 Å². The van der Waals surface area contributed by atoms with Gasteiger partial charge in [-0.05, 0) is 36.6 Å². The number of nitrogens with one attached hydrogen (secondary N) is 2. The van der Waals surface area contributed by atoms with Crippen molar-refractivity contribution in [2.45, 2.75) is 32.0 Å². The van der Waals surface area contributed by atoms with Gasteiger partial charge in [-0.3, -0.25) is 4.79 Å². The highest BCUT2D eigenvalue weighted by atomic mass is 35.5. The summed E-state index contributed by atoms with van der Waals surface area (Å²) in [5.74, 6) is 0.601. The molecule has 16 nitrogen and oxygen atoms in total. The van der Waals surface area contributed by atoms with Crippen LogP contribution < -0.4 is 20.3 Å². The molecule has 0 aliphatic carbocycles. The lowest BCUT2D eigenvalue weighted by Crippen LogP contribution is -2.36. The van der Waals surface area contributed by atoms with Gasteiger partial charge in [-0.2, -0.15) is 4.98 Å². The van der Waals surface area contributed by atoms with E-state index in [9.17, 15) is 19.7 Å². The van der Waals surface area contributed by atoms with Crippen LogP contribution in [0.4, 0.5) is 11.8 Å². The Hall–Kier alpha value is -4.83. The van der Waals surface area contributed by atoms with Crippen LogP contribution in [0.3, 0.4) is 0 Å². The minimum absolute atomic E-state index is 0.0589. The fourth-order valence-corrected chi connectivity index (χ4v) is 4.60. The number of methoxy groups -OCH3 is 1. The van der Waals surface area contributed by atoms with Gasteiger partial charge in [0.15, 0.2) is 0 Å². The summed E-state index contributed by atoms with van der Waals surface area (Å²) in [7, 11) is 1.53. The Labute approximate surface area is 257 Å². The van der Waals surface area contributed by atoms with Gasteiger partial charge in [0.05, 0.1) is 31.3 Å². The maximum atomic E-state index is 13.2. The fraction of sp³-hybridized carbons (Fsp3) is 0.407. The van der Waals surface area contributed by atoms with Crippen LogP contribution in [0.1, 0.15) is 34.6 Å². The molecule has 1 aromatic carbocycles. The topological polar surface area (TPSA) is 193 Å². The average Bonchev–Trinajstić information content (AvgIpc) is 3.50. The van der Waals surface area contributed by atoms with Crippen molar-refractivity contribution < 1.29 is 33.7 Å². The normalized spacial score (nSPS) is 14.1. The molecular weight excluding hydrogens is 600 g/mol. The molecule has 1 aliphatic rings. The Bertz CT molecular complexity index is 1430. The van der Waals surface area contributed by atoms with Crippen LogP contribution in [0.5, 0.6) is 5.75 Å². The third-order valence-corrected chi connectivity index (χ3v) is 6.73. The molecule has 4 rings (SSSR count). The number of benzene rings is 1. The number of esters is 1. The van der Waals surface area contributed by atoms with Gasteiger partial charge in [0.1, 0.15) is 42.8 Å². The number of carbonyl (C=O) groups is 2. The van der Waals surface area contributed by atoms with E-state index in [4.69, 9.17) is 25.8 Å². The molecule has 2 aromatic heterocycles. The number of anilines is 2. The van der Waals surface area contributed by atoms with E-state index < -0.39 is 17.0 Å². The first-order valence-corrected chi connectivity index (χ1v) is 14.0. The standard InChI is InChI=1S/C27H31ClN8O8/c1-41-22-6-5-18(12-21(22)28)13-31-25-20(26(38)32-15-23-29-7-3-8-30-23)14-33-27(34-25)35-9-2-4-19(35)16-43-24(37)17-42-10-11-44-36(39)40/h3,5-8,12,14,19H,2,4,9-11,13,15-17H2,1H3,(H,32,38)(H,31,33,34)/t19-/m0/s1. The van der Waals surface area contributed by atoms with Crippen LogP contribution in [-0.2, 0) is 32.2 Å². The van der Waals surface area contributed by atoms with Gasteiger partial charge in [0.25, 0.3) is 11.0 Å². The zero-order valence-electron chi connectivity index (χ0n) is 23.8. The second-order valence-corrected chi connectivity index (χ2v) is 9.79. The maximum absolute atomic E-state index is 13.2. The van der Waals surface area contributed by atoms with E-state index in [2.05, 4.69) is 35.4 Å². The van der Waals surface area contributed by atoms with E-state index in [1.165, 1.54) is 13.3 Å². The van der Waals surface area contributed by atoms with Crippen LogP contribution in [-0.4, -0.2) is 83.0 Å². The van der Waals surface area contributed by atoms with Crippen molar-refractivity contribution in [1.29, 1.82) is 0 Å². The minimum Gasteiger partial charge on any atom is -0.495 e. The van der Waals surface area contributed by atoms with Crippen molar-refractivity contribution >= 4 is 35.2 Å². The van der Waals surface area contributed by atoms with Gasteiger partial charge in [0.2, 0.25) is 5.95 Å². The Balaban J connectivity index is 1.44. The predicted molar refractivity (Wildman–Crippen MR) is 156 cm³/mol. The van der Waals surface area contributed by atoms with Gasteiger partial charge >= 0.3 is 5.97 Å². The van der Waals surface area contributed by atoms with Crippen molar-refractivity contribution in [2.75, 3.05) is 50.3 Å². The fourth-order valence-electron chi connectivity index (χ4n) is 4.32. The molecule has 3 heterocycles. The Morgan fingerprint density at radius 3 is 2.75 bits per heavy atom. The molecule has 1 fully saturated rings. The molecule has 1 aliphatic heterocycles. The molecule has 3 aromatic rings. The molecule has 0 unspecified atom stereocenters. The van der Waals surface area contributed by atoms with Crippen molar-refractivity contribution in [3.8, 4) is 5.75 Å². The zero-order chi connectivity index (χ0) is 31.3. The van der Waals surface area contributed by atoms with Crippen molar-refractivity contribution in [1.82, 2.24) is 25.3 Å². The first-order chi connectivity index (χ1) is 21.3. The van der Waals surface area contributed by atoms with E-state index in [1.54, 1.807) is 30.6 Å². The van der Waals surface area contributed by atoms with Crippen molar-refractivity contribution in [3.63, 3.8) is 0 Å². The lowest BCUT2D eigenvalue weighted by atomic mass is 10.2. The summed E-state index contributed by atoms with van der Waals surface area (Å²) in [4.78, 5) is 58.9. The van der Waals surface area contributed by atoms with Crippen molar-refractivity contribution in [2.24, 2.45) is 0 Å². The monoisotopic (exact) mass is 630 g/mol. The molecule has 0 spiro atoms. The summed E-state index contributed by atoms with van der Waals surface area (Å²) >= 11 is 6.29. The number of amides is 1. The number of halogens is 1. The minimum atomic E-state index is -0.938. The number of aromatic nitrogens is 4. The highest BCUT2D eigenvalue weighted by molar-refractivity contribution is 6.32. The van der Waals surface area contributed by atoms with Gasteiger partial charge in [-0.1, -0.05) is 17.7 Å². The van der Waals surface area contributed by atoms with Crippen LogP contribution in [0.2, 0.25) is 5.02 Å². The highest BCUT2D eigenvalue weighted by Crippen LogP contribution is 2.27. The van der Waals surface area contributed by atoms with E-state index >= 15 is 0 Å².